The Morgan fingerprint density at radius 1 is 0.794 bits per heavy atom. The number of aromatic amines is 1. The summed E-state index contributed by atoms with van der Waals surface area (Å²) in [5, 5.41) is 17.3. The van der Waals surface area contributed by atoms with E-state index in [-0.39, 0.29) is 76.5 Å². The Morgan fingerprint density at radius 2 is 1.40 bits per heavy atom. The molecular formula is C42H58N14O7. The molecule has 338 valence electrons. The van der Waals surface area contributed by atoms with E-state index >= 15 is 0 Å². The predicted molar refractivity (Wildman–Crippen MR) is 235 cm³/mol. The standard InChI is InChI=1S/C42H58N14O7/c1-24(57)51-31(20-25-10-3-2-4-11-25)37(60)55-33-23-50-35(58)29(14-7-17-47-41(43)44)52-38(61)32(21-26-22-49-28-13-6-5-12-27(26)28)54-36(59)30(15-8-18-48-42(45)46)53-39(62)34-16-9-19-56(34)40(33)63/h2-6,10-13,22,29-34,49H,7-9,14-21,23H2,1H3,(H,50,58)(H,51,57)(H,52,61)(H,53,62)(H,54,59)(H,55,60)(H4,43,44,47)(H4,45,46,48)/t29-,30+,31-,32-,33?,34?/m0/s1. The van der Waals surface area contributed by atoms with E-state index < -0.39 is 84.1 Å². The van der Waals surface area contributed by atoms with Crippen LogP contribution in [0.1, 0.15) is 56.6 Å². The number of carbonyl (C=O) groups excluding carboxylic acids is 7. The number of hydrogen-bond acceptors (Lipinski definition) is 9. The minimum absolute atomic E-state index is 0.00392. The van der Waals surface area contributed by atoms with Crippen LogP contribution >= 0.6 is 0 Å². The first-order valence-electron chi connectivity index (χ1n) is 21.0. The summed E-state index contributed by atoms with van der Waals surface area (Å²) in [5.41, 5.74) is 24.3. The molecule has 0 bridgehead atoms. The normalized spacial score (nSPS) is 21.5. The third-order valence-corrected chi connectivity index (χ3v) is 10.8. The Morgan fingerprint density at radius 3 is 2.06 bits per heavy atom. The number of para-hydroxylation sites is 1. The minimum atomic E-state index is -1.43. The Balaban J connectivity index is 1.51. The molecular weight excluding hydrogens is 813 g/mol. The SMILES string of the molecule is CC(=O)N[C@@H](Cc1ccccc1)C(=O)NC1CNC(=O)[C@H](CCCN=C(N)N)NC(=O)[C@H](Cc2c[nH]c3ccccc23)NC(=O)[C@@H](CCCN=C(N)N)NC(=O)C2CCCN2C1=O. The van der Waals surface area contributed by atoms with Crippen molar-refractivity contribution in [3.8, 4) is 0 Å². The largest absolute Gasteiger partial charge is 0.370 e. The number of nitrogens with zero attached hydrogens (tertiary/aromatic N) is 3. The van der Waals surface area contributed by atoms with Gasteiger partial charge in [-0.3, -0.25) is 43.5 Å². The van der Waals surface area contributed by atoms with E-state index in [9.17, 15) is 33.6 Å². The number of aromatic nitrogens is 1. The molecule has 21 nitrogen and oxygen atoms in total. The van der Waals surface area contributed by atoms with E-state index in [0.717, 1.165) is 16.5 Å². The van der Waals surface area contributed by atoms with E-state index in [4.69, 9.17) is 22.9 Å². The van der Waals surface area contributed by atoms with Gasteiger partial charge in [-0.25, -0.2) is 0 Å². The molecule has 21 heteroatoms. The van der Waals surface area contributed by atoms with Gasteiger partial charge in [0.2, 0.25) is 41.4 Å². The molecule has 3 aromatic rings. The van der Waals surface area contributed by atoms with Crippen molar-refractivity contribution in [3.05, 3.63) is 71.9 Å². The zero-order valence-electron chi connectivity index (χ0n) is 35.2. The first-order chi connectivity index (χ1) is 30.2. The van der Waals surface area contributed by atoms with E-state index in [1.807, 2.05) is 30.3 Å². The van der Waals surface area contributed by atoms with Crippen molar-refractivity contribution >= 4 is 64.2 Å². The van der Waals surface area contributed by atoms with Crippen LogP contribution < -0.4 is 54.8 Å². The van der Waals surface area contributed by atoms with Crippen LogP contribution in [0.2, 0.25) is 0 Å². The van der Waals surface area contributed by atoms with Crippen LogP contribution in [0, 0.1) is 0 Å². The number of hydrogen-bond donors (Lipinski definition) is 11. The van der Waals surface area contributed by atoms with Crippen LogP contribution in [0.3, 0.4) is 0 Å². The Labute approximate surface area is 364 Å². The van der Waals surface area contributed by atoms with Gasteiger partial charge in [-0.05, 0) is 55.7 Å². The molecule has 63 heavy (non-hydrogen) atoms. The van der Waals surface area contributed by atoms with Gasteiger partial charge >= 0.3 is 0 Å². The van der Waals surface area contributed by atoms with Crippen molar-refractivity contribution in [3.63, 3.8) is 0 Å². The molecule has 0 saturated carbocycles. The summed E-state index contributed by atoms with van der Waals surface area (Å²) in [6.07, 6.45) is 3.06. The highest BCUT2D eigenvalue weighted by atomic mass is 16.2. The second-order valence-corrected chi connectivity index (χ2v) is 15.6. The maximum atomic E-state index is 14.5. The lowest BCUT2D eigenvalue weighted by atomic mass is 10.0. The lowest BCUT2D eigenvalue weighted by Crippen LogP contribution is -2.62. The van der Waals surface area contributed by atoms with E-state index in [1.54, 1.807) is 30.5 Å². The molecule has 0 spiro atoms. The number of benzene rings is 2. The average molecular weight is 871 g/mol. The fraction of sp³-hybridized carbons (Fsp3) is 0.452. The van der Waals surface area contributed by atoms with Crippen LogP contribution in [0.25, 0.3) is 10.9 Å². The highest BCUT2D eigenvalue weighted by Crippen LogP contribution is 2.21. The smallest absolute Gasteiger partial charge is 0.247 e. The summed E-state index contributed by atoms with van der Waals surface area (Å²) < 4.78 is 0. The quantitative estimate of drug-likeness (QED) is 0.0436. The molecule has 2 saturated heterocycles. The number of guanidine groups is 2. The van der Waals surface area contributed by atoms with Crippen LogP contribution in [-0.2, 0) is 46.4 Å². The van der Waals surface area contributed by atoms with Gasteiger partial charge in [0.15, 0.2) is 11.9 Å². The molecule has 2 aliphatic rings. The monoisotopic (exact) mass is 870 g/mol. The fourth-order valence-electron chi connectivity index (χ4n) is 7.69. The zero-order chi connectivity index (χ0) is 45.5. The molecule has 2 aromatic carbocycles. The van der Waals surface area contributed by atoms with Crippen molar-refractivity contribution in [2.24, 2.45) is 32.9 Å². The van der Waals surface area contributed by atoms with Gasteiger partial charge in [-0.2, -0.15) is 0 Å². The molecule has 2 unspecified atom stereocenters. The molecule has 6 atom stereocenters. The van der Waals surface area contributed by atoms with Gasteiger partial charge in [-0.15, -0.1) is 0 Å². The predicted octanol–water partition coefficient (Wildman–Crippen LogP) is -2.38. The number of aliphatic imine (C=N–C) groups is 2. The van der Waals surface area contributed by atoms with Gasteiger partial charge in [0, 0.05) is 63.0 Å². The number of H-pyrrole nitrogens is 1. The van der Waals surface area contributed by atoms with Crippen molar-refractivity contribution in [1.82, 2.24) is 41.8 Å². The highest BCUT2D eigenvalue weighted by Gasteiger charge is 2.40. The molecule has 3 heterocycles. The maximum Gasteiger partial charge on any atom is 0.247 e. The summed E-state index contributed by atoms with van der Waals surface area (Å²) in [6.45, 7) is 1.20. The Hall–Kier alpha value is -7.19. The summed E-state index contributed by atoms with van der Waals surface area (Å²) in [7, 11) is 0. The van der Waals surface area contributed by atoms with Crippen LogP contribution in [0.5, 0.6) is 0 Å². The summed E-state index contributed by atoms with van der Waals surface area (Å²) in [5.74, 6) is -4.95. The topological polar surface area (TPSA) is 339 Å². The van der Waals surface area contributed by atoms with Crippen LogP contribution in [0.15, 0.2) is 70.8 Å². The number of carbonyl (C=O) groups is 7. The molecule has 5 rings (SSSR count). The molecule has 0 aliphatic carbocycles. The van der Waals surface area contributed by atoms with Gasteiger partial charge in [0.05, 0.1) is 0 Å². The van der Waals surface area contributed by atoms with E-state index in [1.165, 1.54) is 11.8 Å². The molecule has 15 N–H and O–H groups in total. The number of nitrogens with two attached hydrogens (primary N) is 4. The molecule has 1 aromatic heterocycles. The van der Waals surface area contributed by atoms with Crippen molar-refractivity contribution < 1.29 is 33.6 Å². The van der Waals surface area contributed by atoms with Crippen LogP contribution in [-0.4, -0.2) is 126 Å². The maximum absolute atomic E-state index is 14.5. The molecule has 0 radical (unpaired) electrons. The first-order valence-corrected chi connectivity index (χ1v) is 21.0. The second kappa shape index (κ2) is 22.6. The van der Waals surface area contributed by atoms with E-state index in [0.29, 0.717) is 12.0 Å². The summed E-state index contributed by atoms with van der Waals surface area (Å²) in [4.78, 5) is 110. The summed E-state index contributed by atoms with van der Waals surface area (Å²) >= 11 is 0. The highest BCUT2D eigenvalue weighted by molar-refractivity contribution is 5.98. The molecule has 7 amide bonds. The van der Waals surface area contributed by atoms with Gasteiger partial charge in [0.1, 0.15) is 36.3 Å². The van der Waals surface area contributed by atoms with Crippen molar-refractivity contribution in [2.75, 3.05) is 26.2 Å². The Bertz CT molecular complexity index is 2170. The van der Waals surface area contributed by atoms with Gasteiger partial charge < -0.3 is 64.7 Å². The number of rotatable bonds is 15. The van der Waals surface area contributed by atoms with Crippen molar-refractivity contribution in [1.29, 1.82) is 0 Å². The zero-order valence-corrected chi connectivity index (χ0v) is 35.2. The second-order valence-electron chi connectivity index (χ2n) is 15.6. The third-order valence-electron chi connectivity index (χ3n) is 10.8. The number of fused-ring (bicyclic) bond motifs is 2. The summed E-state index contributed by atoms with van der Waals surface area (Å²) in [6, 6.07) is 9.09. The number of nitrogens with one attached hydrogen (secondary N) is 7. The number of amides is 7. The fourth-order valence-corrected chi connectivity index (χ4v) is 7.69. The lowest BCUT2D eigenvalue weighted by Gasteiger charge is -2.32. The molecule has 2 fully saturated rings. The van der Waals surface area contributed by atoms with Gasteiger partial charge in [-0.1, -0.05) is 48.5 Å². The average Bonchev–Trinajstić information content (AvgIpc) is 3.91. The van der Waals surface area contributed by atoms with Crippen LogP contribution in [0.4, 0.5) is 0 Å². The Kier molecular flexibility index (Phi) is 16.8. The first kappa shape index (κ1) is 46.9. The third kappa shape index (κ3) is 13.7. The van der Waals surface area contributed by atoms with Gasteiger partial charge in [0.25, 0.3) is 0 Å². The minimum Gasteiger partial charge on any atom is -0.370 e. The lowest BCUT2D eigenvalue weighted by molar-refractivity contribution is -0.143. The molecule has 2 aliphatic heterocycles. The van der Waals surface area contributed by atoms with E-state index in [2.05, 4.69) is 46.9 Å². The van der Waals surface area contributed by atoms with Crippen molar-refractivity contribution in [2.45, 2.75) is 94.5 Å².